The molecule has 0 atom stereocenters. The van der Waals surface area contributed by atoms with Crippen LogP contribution in [0.4, 0.5) is 0 Å². The molecule has 5 N–H and O–H groups in total. The second-order valence-electron chi connectivity index (χ2n) is 2.09. The van der Waals surface area contributed by atoms with Crippen molar-refractivity contribution in [3.05, 3.63) is 0 Å². The van der Waals surface area contributed by atoms with Crippen LogP contribution in [0.15, 0.2) is 0 Å². The molecule has 0 amide bonds. The lowest BCUT2D eigenvalue weighted by Gasteiger charge is -1.73. The number of aliphatic carboxylic acids is 3. The molecule has 0 saturated carbocycles. The van der Waals surface area contributed by atoms with Crippen LogP contribution in [0, 0.1) is 0 Å². The van der Waals surface area contributed by atoms with E-state index in [0.29, 0.717) is 0 Å². The lowest BCUT2D eigenvalue weighted by Crippen LogP contribution is -2.10. The normalized spacial score (nSPS) is 7.40. The van der Waals surface area contributed by atoms with Gasteiger partial charge >= 0.3 is 17.9 Å². The van der Waals surface area contributed by atoms with E-state index in [-0.39, 0.29) is 19.4 Å². The molecule has 0 spiro atoms. The fourth-order valence-electron chi connectivity index (χ4n) is 0. The Morgan fingerprint density at radius 2 is 1.00 bits per heavy atom. The Bertz CT molecular complexity index is 158. The Balaban J connectivity index is -0.000000144. The molecule has 0 aliphatic rings. The zero-order valence-corrected chi connectivity index (χ0v) is 8.77. The van der Waals surface area contributed by atoms with E-state index in [0.717, 1.165) is 0 Å². The zero-order valence-electron chi connectivity index (χ0n) is 8.77. The quantitative estimate of drug-likeness (QED) is 0.527. The number of carboxylic acid groups (broad SMARTS) is 3. The van der Waals surface area contributed by atoms with Gasteiger partial charge in [0.05, 0.1) is 6.54 Å². The second-order valence-corrected chi connectivity index (χ2v) is 2.09. The lowest BCUT2D eigenvalue weighted by atomic mass is 10.5. The van der Waals surface area contributed by atoms with Crippen LogP contribution in [0.5, 0.6) is 0 Å². The summed E-state index contributed by atoms with van der Waals surface area (Å²) < 4.78 is 0. The molecule has 90 valence electrons. The molecule has 0 fully saturated rings. The molecule has 0 aliphatic heterocycles. The van der Waals surface area contributed by atoms with Crippen LogP contribution in [0.3, 0.4) is 0 Å². The molecule has 7 nitrogen and oxygen atoms in total. The summed E-state index contributed by atoms with van der Waals surface area (Å²) in [6, 6.07) is 0. The second kappa shape index (κ2) is 14.9. The van der Waals surface area contributed by atoms with Crippen LogP contribution in [0.2, 0.25) is 0 Å². The summed E-state index contributed by atoms with van der Waals surface area (Å²) in [5.41, 5.74) is 4.57. The third-order valence-electron chi connectivity index (χ3n) is 0.780. The predicted molar refractivity (Wildman–Crippen MR) is 52.5 cm³/mol. The fourth-order valence-corrected chi connectivity index (χ4v) is 0. The van der Waals surface area contributed by atoms with Gasteiger partial charge in [0.2, 0.25) is 0 Å². The molecule has 0 aliphatic carbocycles. The molecule has 0 aromatic carbocycles. The molecule has 0 saturated heterocycles. The van der Waals surface area contributed by atoms with Crippen molar-refractivity contribution < 1.29 is 29.7 Å². The Hall–Kier alpha value is -1.63. The van der Waals surface area contributed by atoms with Crippen molar-refractivity contribution in [1.29, 1.82) is 0 Å². The van der Waals surface area contributed by atoms with Gasteiger partial charge in [-0.2, -0.15) is 0 Å². The summed E-state index contributed by atoms with van der Waals surface area (Å²) in [5.74, 6) is -2.46. The number of carbonyl (C=O) groups is 3. The minimum absolute atomic E-state index is 0.222. The lowest BCUT2D eigenvalue weighted by molar-refractivity contribution is -0.137. The molecule has 0 heterocycles. The van der Waals surface area contributed by atoms with Crippen molar-refractivity contribution in [1.82, 2.24) is 0 Å². The van der Waals surface area contributed by atoms with E-state index < -0.39 is 17.9 Å². The Morgan fingerprint density at radius 1 is 0.867 bits per heavy atom. The van der Waals surface area contributed by atoms with E-state index in [1.54, 1.807) is 13.8 Å². The van der Waals surface area contributed by atoms with Crippen molar-refractivity contribution in [2.24, 2.45) is 5.73 Å². The Labute approximate surface area is 87.5 Å². The molecule has 0 aromatic rings. The van der Waals surface area contributed by atoms with E-state index in [2.05, 4.69) is 5.73 Å². The van der Waals surface area contributed by atoms with Crippen molar-refractivity contribution in [3.63, 3.8) is 0 Å². The van der Waals surface area contributed by atoms with Crippen molar-refractivity contribution >= 4 is 17.9 Å². The van der Waals surface area contributed by atoms with Gasteiger partial charge in [0.15, 0.2) is 0 Å². The van der Waals surface area contributed by atoms with Crippen LogP contribution in [0.1, 0.15) is 26.7 Å². The first-order valence-electron chi connectivity index (χ1n) is 4.17. The molecule has 0 unspecified atom stereocenters. The molecule has 0 radical (unpaired) electrons. The minimum Gasteiger partial charge on any atom is -0.481 e. The number of hydrogen-bond donors (Lipinski definition) is 4. The average Bonchev–Trinajstić information content (AvgIpc) is 2.19. The molecule has 0 aromatic heterocycles. The van der Waals surface area contributed by atoms with Crippen molar-refractivity contribution in [2.75, 3.05) is 6.54 Å². The van der Waals surface area contributed by atoms with Gasteiger partial charge in [0.1, 0.15) is 0 Å². The molecule has 15 heavy (non-hydrogen) atoms. The van der Waals surface area contributed by atoms with Crippen LogP contribution in [0.25, 0.3) is 0 Å². The summed E-state index contributed by atoms with van der Waals surface area (Å²) in [6.07, 6.45) is 0.444. The summed E-state index contributed by atoms with van der Waals surface area (Å²) in [5, 5.41) is 23.0. The summed E-state index contributed by atoms with van der Waals surface area (Å²) >= 11 is 0. The van der Waals surface area contributed by atoms with Crippen molar-refractivity contribution in [2.45, 2.75) is 26.7 Å². The van der Waals surface area contributed by atoms with Gasteiger partial charge in [-0.1, -0.05) is 13.8 Å². The maximum Gasteiger partial charge on any atom is 0.317 e. The monoisotopic (exact) mass is 223 g/mol. The van der Waals surface area contributed by atoms with Crippen LogP contribution < -0.4 is 5.73 Å². The number of hydrogen-bond acceptors (Lipinski definition) is 4. The van der Waals surface area contributed by atoms with Crippen LogP contribution >= 0.6 is 0 Å². The summed E-state index contributed by atoms with van der Waals surface area (Å²) in [6.45, 7) is 2.92. The molecule has 0 bridgehead atoms. The van der Waals surface area contributed by atoms with E-state index in [4.69, 9.17) is 15.3 Å². The van der Waals surface area contributed by atoms with Crippen LogP contribution in [-0.4, -0.2) is 39.8 Å². The van der Waals surface area contributed by atoms with Gasteiger partial charge in [-0.15, -0.1) is 0 Å². The van der Waals surface area contributed by atoms with Gasteiger partial charge in [-0.05, 0) is 0 Å². The van der Waals surface area contributed by atoms with Gasteiger partial charge < -0.3 is 21.1 Å². The fraction of sp³-hybridized carbons (Fsp3) is 0.625. The number of nitrogens with two attached hydrogens (primary N) is 1. The molecular formula is C8H17NO6. The Morgan fingerprint density at radius 3 is 1.00 bits per heavy atom. The van der Waals surface area contributed by atoms with E-state index in [9.17, 15) is 14.4 Å². The van der Waals surface area contributed by atoms with Crippen molar-refractivity contribution in [3.8, 4) is 0 Å². The van der Waals surface area contributed by atoms with E-state index in [1.165, 1.54) is 0 Å². The highest BCUT2D eigenvalue weighted by molar-refractivity contribution is 5.68. The standard InChI is InChI=1S/2C3H6O2.C2H5NO2/c2*1-2-3(4)5;3-1-2(4)5/h2*2H2,1H3,(H,4,5);1,3H2,(H,4,5). The first-order chi connectivity index (χ1) is 6.81. The third kappa shape index (κ3) is 69.7. The molecule has 0 rings (SSSR count). The van der Waals surface area contributed by atoms with Gasteiger partial charge in [0.25, 0.3) is 0 Å². The van der Waals surface area contributed by atoms with Crippen LogP contribution in [-0.2, 0) is 14.4 Å². The third-order valence-corrected chi connectivity index (χ3v) is 0.780. The zero-order chi connectivity index (χ0) is 12.9. The predicted octanol–water partition coefficient (Wildman–Crippen LogP) is -0.00830. The van der Waals surface area contributed by atoms with Gasteiger partial charge in [-0.3, -0.25) is 14.4 Å². The summed E-state index contributed by atoms with van der Waals surface area (Å²) in [4.78, 5) is 28.0. The maximum atomic E-state index is 9.37. The average molecular weight is 223 g/mol. The van der Waals surface area contributed by atoms with E-state index in [1.807, 2.05) is 0 Å². The van der Waals surface area contributed by atoms with E-state index >= 15 is 0 Å². The largest absolute Gasteiger partial charge is 0.481 e. The SMILES string of the molecule is CCC(=O)O.CCC(=O)O.NCC(=O)O. The minimum atomic E-state index is -0.968. The smallest absolute Gasteiger partial charge is 0.317 e. The first-order valence-corrected chi connectivity index (χ1v) is 4.17. The number of carboxylic acids is 3. The maximum absolute atomic E-state index is 9.37. The highest BCUT2D eigenvalue weighted by Crippen LogP contribution is 1.67. The highest BCUT2D eigenvalue weighted by atomic mass is 16.4. The van der Waals surface area contributed by atoms with Gasteiger partial charge in [0, 0.05) is 12.8 Å². The molecule has 7 heteroatoms. The summed E-state index contributed by atoms with van der Waals surface area (Å²) in [7, 11) is 0. The first kappa shape index (κ1) is 19.0. The number of rotatable bonds is 3. The topological polar surface area (TPSA) is 138 Å². The highest BCUT2D eigenvalue weighted by Gasteiger charge is 1.81. The van der Waals surface area contributed by atoms with Gasteiger partial charge in [-0.25, -0.2) is 0 Å². The molecular weight excluding hydrogens is 206 g/mol. The Kier molecular flexibility index (Phi) is 18.9.